The van der Waals surface area contributed by atoms with Crippen LogP contribution in [-0.2, 0) is 0 Å². The largest absolute Gasteiger partial charge is 0.326 e. The van der Waals surface area contributed by atoms with E-state index in [-0.39, 0.29) is 6.03 Å². The Kier molecular flexibility index (Phi) is 3.34. The SMILES string of the molecule is CCNCCN1CCN(C)C1=O. The molecule has 0 unspecified atom stereocenters. The van der Waals surface area contributed by atoms with Gasteiger partial charge in [-0.05, 0) is 6.54 Å². The number of hydrogen-bond donors (Lipinski definition) is 1. The quantitative estimate of drug-likeness (QED) is 0.603. The molecule has 0 radical (unpaired) electrons. The van der Waals surface area contributed by atoms with E-state index in [0.717, 1.165) is 32.7 Å². The van der Waals surface area contributed by atoms with E-state index >= 15 is 0 Å². The molecule has 0 bridgehead atoms. The molecule has 1 rings (SSSR count). The van der Waals surface area contributed by atoms with Crippen molar-refractivity contribution in [1.29, 1.82) is 0 Å². The highest BCUT2D eigenvalue weighted by Crippen LogP contribution is 2.03. The third kappa shape index (κ3) is 2.11. The van der Waals surface area contributed by atoms with Crippen molar-refractivity contribution in [1.82, 2.24) is 15.1 Å². The Bertz CT molecular complexity index is 160. The standard InChI is InChI=1S/C8H17N3O/c1-3-9-4-5-11-7-6-10(2)8(11)12/h9H,3-7H2,1-2H3. The number of amides is 2. The molecule has 1 saturated heterocycles. The normalized spacial score (nSPS) is 17.7. The van der Waals surface area contributed by atoms with Gasteiger partial charge in [0.15, 0.2) is 0 Å². The average molecular weight is 171 g/mol. The van der Waals surface area contributed by atoms with Crippen LogP contribution in [0.1, 0.15) is 6.92 Å². The molecule has 12 heavy (non-hydrogen) atoms. The molecule has 4 heteroatoms. The number of urea groups is 1. The minimum Gasteiger partial charge on any atom is -0.326 e. The second-order valence-electron chi connectivity index (χ2n) is 3.04. The van der Waals surface area contributed by atoms with Crippen molar-refractivity contribution in [3.8, 4) is 0 Å². The van der Waals surface area contributed by atoms with E-state index in [1.807, 2.05) is 11.9 Å². The summed E-state index contributed by atoms with van der Waals surface area (Å²) < 4.78 is 0. The van der Waals surface area contributed by atoms with Gasteiger partial charge in [-0.25, -0.2) is 4.79 Å². The van der Waals surface area contributed by atoms with E-state index < -0.39 is 0 Å². The summed E-state index contributed by atoms with van der Waals surface area (Å²) in [7, 11) is 1.84. The highest BCUT2D eigenvalue weighted by atomic mass is 16.2. The molecule has 0 spiro atoms. The molecule has 0 aromatic carbocycles. The van der Waals surface area contributed by atoms with Crippen LogP contribution in [0.15, 0.2) is 0 Å². The van der Waals surface area contributed by atoms with E-state index in [0.29, 0.717) is 0 Å². The van der Waals surface area contributed by atoms with Crippen molar-refractivity contribution in [2.45, 2.75) is 6.92 Å². The van der Waals surface area contributed by atoms with Crippen LogP contribution in [-0.4, -0.2) is 55.6 Å². The molecule has 4 nitrogen and oxygen atoms in total. The highest BCUT2D eigenvalue weighted by molar-refractivity contribution is 5.76. The fourth-order valence-electron chi connectivity index (χ4n) is 1.30. The van der Waals surface area contributed by atoms with Crippen LogP contribution in [0.3, 0.4) is 0 Å². The molecule has 0 aliphatic carbocycles. The Morgan fingerprint density at radius 3 is 2.75 bits per heavy atom. The first kappa shape index (κ1) is 9.32. The lowest BCUT2D eigenvalue weighted by Crippen LogP contribution is -2.35. The predicted octanol–water partition coefficient (Wildman–Crippen LogP) is -0.0367. The van der Waals surface area contributed by atoms with Crippen LogP contribution >= 0.6 is 0 Å². The molecule has 2 amide bonds. The zero-order valence-corrected chi connectivity index (χ0v) is 7.84. The monoisotopic (exact) mass is 171 g/mol. The summed E-state index contributed by atoms with van der Waals surface area (Å²) in [6.45, 7) is 6.51. The molecule has 1 aliphatic heterocycles. The van der Waals surface area contributed by atoms with E-state index in [1.165, 1.54) is 0 Å². The fourth-order valence-corrected chi connectivity index (χ4v) is 1.30. The van der Waals surface area contributed by atoms with Crippen molar-refractivity contribution in [2.75, 3.05) is 39.8 Å². The molecule has 0 saturated carbocycles. The lowest BCUT2D eigenvalue weighted by Gasteiger charge is -2.15. The van der Waals surface area contributed by atoms with Gasteiger partial charge in [-0.2, -0.15) is 0 Å². The molecule has 1 N–H and O–H groups in total. The summed E-state index contributed by atoms with van der Waals surface area (Å²) in [6, 6.07) is 0.160. The molecular weight excluding hydrogens is 154 g/mol. The molecule has 1 heterocycles. The van der Waals surface area contributed by atoms with Gasteiger partial charge in [-0.1, -0.05) is 6.92 Å². The zero-order chi connectivity index (χ0) is 8.97. The molecule has 0 aromatic rings. The van der Waals surface area contributed by atoms with Gasteiger partial charge >= 0.3 is 6.03 Å². The van der Waals surface area contributed by atoms with E-state index in [2.05, 4.69) is 12.2 Å². The third-order valence-electron chi connectivity index (χ3n) is 2.11. The van der Waals surface area contributed by atoms with Crippen LogP contribution in [0.4, 0.5) is 4.79 Å². The first-order valence-corrected chi connectivity index (χ1v) is 4.46. The minimum absolute atomic E-state index is 0.160. The summed E-state index contributed by atoms with van der Waals surface area (Å²) in [5.41, 5.74) is 0. The van der Waals surface area contributed by atoms with Crippen molar-refractivity contribution in [2.24, 2.45) is 0 Å². The molecule has 0 aromatic heterocycles. The van der Waals surface area contributed by atoms with Crippen LogP contribution in [0.5, 0.6) is 0 Å². The number of nitrogens with zero attached hydrogens (tertiary/aromatic N) is 2. The Morgan fingerprint density at radius 2 is 2.25 bits per heavy atom. The van der Waals surface area contributed by atoms with Gasteiger partial charge in [0.2, 0.25) is 0 Å². The predicted molar refractivity (Wildman–Crippen MR) is 48.1 cm³/mol. The van der Waals surface area contributed by atoms with Gasteiger partial charge < -0.3 is 15.1 Å². The topological polar surface area (TPSA) is 35.6 Å². The van der Waals surface area contributed by atoms with E-state index in [4.69, 9.17) is 0 Å². The van der Waals surface area contributed by atoms with E-state index in [9.17, 15) is 4.79 Å². The first-order chi connectivity index (χ1) is 5.75. The van der Waals surface area contributed by atoms with Gasteiger partial charge in [0.1, 0.15) is 0 Å². The van der Waals surface area contributed by atoms with Gasteiger partial charge in [0.05, 0.1) is 0 Å². The molecule has 1 fully saturated rings. The summed E-state index contributed by atoms with van der Waals surface area (Å²) in [4.78, 5) is 15.0. The second kappa shape index (κ2) is 4.30. The second-order valence-corrected chi connectivity index (χ2v) is 3.04. The number of nitrogens with one attached hydrogen (secondary N) is 1. The fraction of sp³-hybridized carbons (Fsp3) is 0.875. The van der Waals surface area contributed by atoms with Crippen molar-refractivity contribution in [3.05, 3.63) is 0 Å². The van der Waals surface area contributed by atoms with Gasteiger partial charge in [0, 0.05) is 33.2 Å². The van der Waals surface area contributed by atoms with E-state index in [1.54, 1.807) is 4.90 Å². The maximum absolute atomic E-state index is 11.3. The third-order valence-corrected chi connectivity index (χ3v) is 2.11. The molecular formula is C8H17N3O. The van der Waals surface area contributed by atoms with Gasteiger partial charge in [0.25, 0.3) is 0 Å². The number of rotatable bonds is 4. The number of hydrogen-bond acceptors (Lipinski definition) is 2. The summed E-state index contributed by atoms with van der Waals surface area (Å²) in [6.07, 6.45) is 0. The first-order valence-electron chi connectivity index (χ1n) is 4.46. The highest BCUT2D eigenvalue weighted by Gasteiger charge is 2.23. The van der Waals surface area contributed by atoms with Crippen LogP contribution in [0, 0.1) is 0 Å². The Balaban J connectivity index is 2.20. The molecule has 70 valence electrons. The van der Waals surface area contributed by atoms with Crippen LogP contribution in [0.2, 0.25) is 0 Å². The average Bonchev–Trinajstić information content (AvgIpc) is 2.36. The number of carbonyl (C=O) groups is 1. The Morgan fingerprint density at radius 1 is 1.50 bits per heavy atom. The van der Waals surface area contributed by atoms with Crippen LogP contribution < -0.4 is 5.32 Å². The maximum atomic E-state index is 11.3. The summed E-state index contributed by atoms with van der Waals surface area (Å²) in [5.74, 6) is 0. The lowest BCUT2D eigenvalue weighted by atomic mass is 10.5. The Labute approximate surface area is 73.5 Å². The molecule has 1 aliphatic rings. The maximum Gasteiger partial charge on any atom is 0.319 e. The Hall–Kier alpha value is -0.770. The summed E-state index contributed by atoms with van der Waals surface area (Å²) >= 11 is 0. The minimum atomic E-state index is 0.160. The molecule has 0 atom stereocenters. The number of carbonyl (C=O) groups excluding carboxylic acids is 1. The van der Waals surface area contributed by atoms with Crippen molar-refractivity contribution < 1.29 is 4.79 Å². The number of likely N-dealkylation sites (N-methyl/N-ethyl adjacent to an activating group) is 2. The summed E-state index contributed by atoms with van der Waals surface area (Å²) in [5, 5.41) is 3.20. The van der Waals surface area contributed by atoms with Gasteiger partial charge in [-0.15, -0.1) is 0 Å². The van der Waals surface area contributed by atoms with Gasteiger partial charge in [-0.3, -0.25) is 0 Å². The van der Waals surface area contributed by atoms with Crippen molar-refractivity contribution in [3.63, 3.8) is 0 Å². The lowest BCUT2D eigenvalue weighted by molar-refractivity contribution is 0.199. The van der Waals surface area contributed by atoms with Crippen LogP contribution in [0.25, 0.3) is 0 Å². The smallest absolute Gasteiger partial charge is 0.319 e. The zero-order valence-electron chi connectivity index (χ0n) is 7.84. The van der Waals surface area contributed by atoms with Crippen molar-refractivity contribution >= 4 is 6.03 Å².